The maximum Gasteiger partial charge on any atom is 0.244 e. The summed E-state index contributed by atoms with van der Waals surface area (Å²) in [6, 6.07) is 8.95. The summed E-state index contributed by atoms with van der Waals surface area (Å²) in [7, 11) is -7.21. The SMILES string of the molecule is CC[C@H](C(=O)N[C@@H](C)c1ccc(S(C)(=O)=O)cc1)N(c1cc(Cl)ccc1Cl)S(C)(=O)=O. The highest BCUT2D eigenvalue weighted by molar-refractivity contribution is 7.92. The Morgan fingerprint density at radius 1 is 1.03 bits per heavy atom. The predicted octanol–water partition coefficient (Wildman–Crippen LogP) is 3.82. The topological polar surface area (TPSA) is 101 Å². The highest BCUT2D eigenvalue weighted by Crippen LogP contribution is 2.33. The minimum Gasteiger partial charge on any atom is -0.348 e. The van der Waals surface area contributed by atoms with Gasteiger partial charge in [0, 0.05) is 11.3 Å². The lowest BCUT2D eigenvalue weighted by atomic mass is 10.1. The van der Waals surface area contributed by atoms with Crippen molar-refractivity contribution < 1.29 is 21.6 Å². The van der Waals surface area contributed by atoms with Crippen LogP contribution in [0.2, 0.25) is 10.0 Å². The summed E-state index contributed by atoms with van der Waals surface area (Å²) in [4.78, 5) is 13.2. The zero-order valence-corrected chi connectivity index (χ0v) is 20.6. The Morgan fingerprint density at radius 3 is 2.10 bits per heavy atom. The predicted molar refractivity (Wildman–Crippen MR) is 124 cm³/mol. The van der Waals surface area contributed by atoms with Crippen molar-refractivity contribution in [3.05, 3.63) is 58.1 Å². The van der Waals surface area contributed by atoms with E-state index in [1.165, 1.54) is 30.3 Å². The van der Waals surface area contributed by atoms with Crippen LogP contribution in [0.3, 0.4) is 0 Å². The van der Waals surface area contributed by atoms with Gasteiger partial charge in [0.2, 0.25) is 15.9 Å². The third-order valence-corrected chi connectivity index (χ3v) is 7.49. The number of sulfone groups is 1. The number of hydrogen-bond donors (Lipinski definition) is 1. The molecule has 0 saturated carbocycles. The van der Waals surface area contributed by atoms with E-state index in [9.17, 15) is 21.6 Å². The van der Waals surface area contributed by atoms with Gasteiger partial charge in [-0.1, -0.05) is 42.3 Å². The molecule has 1 N–H and O–H groups in total. The second-order valence-corrected chi connectivity index (χ2v) is 11.9. The van der Waals surface area contributed by atoms with E-state index >= 15 is 0 Å². The van der Waals surface area contributed by atoms with E-state index < -0.39 is 37.9 Å². The van der Waals surface area contributed by atoms with Gasteiger partial charge in [0.1, 0.15) is 6.04 Å². The smallest absolute Gasteiger partial charge is 0.244 e. The Hall–Kier alpha value is -1.81. The van der Waals surface area contributed by atoms with Crippen molar-refractivity contribution in [1.29, 1.82) is 0 Å². The first-order valence-electron chi connectivity index (χ1n) is 9.30. The van der Waals surface area contributed by atoms with Crippen LogP contribution in [0.15, 0.2) is 47.4 Å². The van der Waals surface area contributed by atoms with Gasteiger partial charge in [-0.25, -0.2) is 16.8 Å². The number of sulfonamides is 1. The van der Waals surface area contributed by atoms with Gasteiger partial charge in [-0.2, -0.15) is 0 Å². The first-order valence-corrected chi connectivity index (χ1v) is 13.8. The molecule has 0 saturated heterocycles. The zero-order chi connectivity index (χ0) is 23.6. The Labute approximate surface area is 193 Å². The second kappa shape index (κ2) is 9.77. The van der Waals surface area contributed by atoms with Crippen molar-refractivity contribution in [2.75, 3.05) is 16.8 Å². The molecular weight excluding hydrogens is 483 g/mol. The molecule has 0 heterocycles. The molecule has 0 bridgehead atoms. The Balaban J connectivity index is 2.34. The van der Waals surface area contributed by atoms with Crippen LogP contribution in [-0.4, -0.2) is 41.3 Å². The fourth-order valence-corrected chi connectivity index (χ4v) is 5.36. The largest absolute Gasteiger partial charge is 0.348 e. The van der Waals surface area contributed by atoms with Crippen molar-refractivity contribution in [3.63, 3.8) is 0 Å². The average Bonchev–Trinajstić information content (AvgIpc) is 2.66. The van der Waals surface area contributed by atoms with Crippen LogP contribution in [0, 0.1) is 0 Å². The molecule has 7 nitrogen and oxygen atoms in total. The van der Waals surface area contributed by atoms with Gasteiger partial charge in [-0.15, -0.1) is 0 Å². The fourth-order valence-electron chi connectivity index (χ4n) is 3.09. The molecule has 31 heavy (non-hydrogen) atoms. The normalized spacial score (nSPS) is 14.0. The molecule has 0 aromatic heterocycles. The van der Waals surface area contributed by atoms with Gasteiger partial charge < -0.3 is 5.32 Å². The molecule has 0 aliphatic heterocycles. The average molecular weight is 507 g/mol. The zero-order valence-electron chi connectivity index (χ0n) is 17.5. The number of nitrogens with one attached hydrogen (secondary N) is 1. The number of nitrogens with zero attached hydrogens (tertiary/aromatic N) is 1. The van der Waals surface area contributed by atoms with Gasteiger partial charge in [0.25, 0.3) is 0 Å². The number of hydrogen-bond acceptors (Lipinski definition) is 5. The Bertz CT molecular complexity index is 1170. The molecule has 2 rings (SSSR count). The van der Waals surface area contributed by atoms with E-state index in [0.29, 0.717) is 5.56 Å². The molecule has 1 amide bonds. The maximum absolute atomic E-state index is 13.1. The number of rotatable bonds is 8. The Morgan fingerprint density at radius 2 is 1.61 bits per heavy atom. The highest BCUT2D eigenvalue weighted by atomic mass is 35.5. The number of carbonyl (C=O) groups excluding carboxylic acids is 1. The van der Waals surface area contributed by atoms with Gasteiger partial charge in [-0.3, -0.25) is 9.10 Å². The number of benzene rings is 2. The van der Waals surface area contributed by atoms with Crippen molar-refractivity contribution in [3.8, 4) is 0 Å². The van der Waals surface area contributed by atoms with E-state index in [1.54, 1.807) is 26.0 Å². The quantitative estimate of drug-likeness (QED) is 0.586. The molecule has 2 aromatic rings. The highest BCUT2D eigenvalue weighted by Gasteiger charge is 2.33. The van der Waals surface area contributed by atoms with Crippen LogP contribution in [-0.2, 0) is 24.7 Å². The van der Waals surface area contributed by atoms with Gasteiger partial charge >= 0.3 is 0 Å². The number of halogens is 2. The van der Waals surface area contributed by atoms with Crippen LogP contribution in [0.5, 0.6) is 0 Å². The lowest BCUT2D eigenvalue weighted by Gasteiger charge is -2.31. The van der Waals surface area contributed by atoms with E-state index in [-0.39, 0.29) is 27.0 Å². The minimum atomic E-state index is -3.87. The van der Waals surface area contributed by atoms with Crippen LogP contribution in [0.25, 0.3) is 0 Å². The molecule has 0 radical (unpaired) electrons. The lowest BCUT2D eigenvalue weighted by molar-refractivity contribution is -0.122. The van der Waals surface area contributed by atoms with Crippen LogP contribution < -0.4 is 9.62 Å². The molecule has 0 aliphatic rings. The third kappa shape index (κ3) is 6.35. The van der Waals surface area contributed by atoms with Crippen LogP contribution >= 0.6 is 23.2 Å². The summed E-state index contributed by atoms with van der Waals surface area (Å²) >= 11 is 12.2. The summed E-state index contributed by atoms with van der Waals surface area (Å²) < 4.78 is 49.4. The lowest BCUT2D eigenvalue weighted by Crippen LogP contribution is -2.49. The number of anilines is 1. The fraction of sp³-hybridized carbons (Fsp3) is 0.350. The molecular formula is C20H24Cl2N2O5S2. The molecule has 2 atom stereocenters. The van der Waals surface area contributed by atoms with Gasteiger partial charge in [0.05, 0.1) is 27.9 Å². The number of carbonyl (C=O) groups is 1. The van der Waals surface area contributed by atoms with E-state index in [2.05, 4.69) is 5.32 Å². The summed E-state index contributed by atoms with van der Waals surface area (Å²) in [6.45, 7) is 3.41. The van der Waals surface area contributed by atoms with Crippen molar-refractivity contribution in [1.82, 2.24) is 5.32 Å². The molecule has 170 valence electrons. The standard InChI is InChI=1S/C20H24Cl2N2O5S2/c1-5-18(24(31(4,28)29)19-12-15(21)8-11-17(19)22)20(25)23-13(2)14-6-9-16(10-7-14)30(3,26)27/h6-13,18H,5H2,1-4H3,(H,23,25)/t13-,18+/m0/s1. The van der Waals surface area contributed by atoms with Crippen LogP contribution in [0.4, 0.5) is 5.69 Å². The first kappa shape index (κ1) is 25.5. The Kier molecular flexibility index (Phi) is 8.02. The van der Waals surface area contributed by atoms with Crippen molar-refractivity contribution in [2.24, 2.45) is 0 Å². The van der Waals surface area contributed by atoms with E-state index in [0.717, 1.165) is 16.8 Å². The first-order chi connectivity index (χ1) is 14.3. The van der Waals surface area contributed by atoms with Crippen LogP contribution in [0.1, 0.15) is 31.9 Å². The second-order valence-electron chi connectivity index (χ2n) is 7.15. The third-order valence-electron chi connectivity index (χ3n) is 4.64. The van der Waals surface area contributed by atoms with E-state index in [1.807, 2.05) is 0 Å². The molecule has 0 spiro atoms. The van der Waals surface area contributed by atoms with Crippen molar-refractivity contribution in [2.45, 2.75) is 37.2 Å². The van der Waals surface area contributed by atoms with Gasteiger partial charge in [-0.05, 0) is 49.2 Å². The monoisotopic (exact) mass is 506 g/mol. The van der Waals surface area contributed by atoms with Crippen molar-refractivity contribution >= 4 is 54.7 Å². The molecule has 2 aromatic carbocycles. The summed E-state index contributed by atoms with van der Waals surface area (Å²) in [5.41, 5.74) is 0.783. The number of amides is 1. The summed E-state index contributed by atoms with van der Waals surface area (Å²) in [6.07, 6.45) is 2.29. The molecule has 0 unspecified atom stereocenters. The van der Waals surface area contributed by atoms with Gasteiger partial charge in [0.15, 0.2) is 9.84 Å². The summed E-state index contributed by atoms with van der Waals surface area (Å²) in [5, 5.41) is 3.22. The maximum atomic E-state index is 13.1. The molecule has 0 fully saturated rings. The molecule has 11 heteroatoms. The minimum absolute atomic E-state index is 0.115. The van der Waals surface area contributed by atoms with E-state index in [4.69, 9.17) is 23.2 Å². The summed E-state index contributed by atoms with van der Waals surface area (Å²) in [5.74, 6) is -0.524. The molecule has 0 aliphatic carbocycles.